The Morgan fingerprint density at radius 3 is 2.62 bits per heavy atom. The van der Waals surface area contributed by atoms with Crippen molar-refractivity contribution in [2.24, 2.45) is 34.5 Å². The van der Waals surface area contributed by atoms with Gasteiger partial charge in [0, 0.05) is 0 Å². The molecule has 0 saturated heterocycles. The van der Waals surface area contributed by atoms with Crippen LogP contribution >= 0.6 is 0 Å². The third-order valence-corrected chi connectivity index (χ3v) is 9.99. The van der Waals surface area contributed by atoms with Gasteiger partial charge in [-0.25, -0.2) is 0 Å². The SMILES string of the molecule is CC=C1C[C@H]2[C@@H]3CCC4CC(OCc5ccccc5)CC[C@]4(C)[C@H]3CC[C@]2(C)C1. The van der Waals surface area contributed by atoms with Gasteiger partial charge in [0.15, 0.2) is 0 Å². The van der Waals surface area contributed by atoms with E-state index >= 15 is 0 Å². The van der Waals surface area contributed by atoms with Crippen molar-refractivity contribution in [2.75, 3.05) is 0 Å². The zero-order chi connectivity index (χ0) is 20.1. The van der Waals surface area contributed by atoms with Crippen LogP contribution in [0, 0.1) is 34.5 Å². The second-order valence-corrected chi connectivity index (χ2v) is 11.4. The Morgan fingerprint density at radius 2 is 1.83 bits per heavy atom. The molecule has 1 aromatic carbocycles. The molecule has 0 bridgehead atoms. The number of fused-ring (bicyclic) bond motifs is 5. The van der Waals surface area contributed by atoms with Crippen molar-refractivity contribution in [1.82, 2.24) is 0 Å². The first-order chi connectivity index (χ1) is 14.0. The summed E-state index contributed by atoms with van der Waals surface area (Å²) in [6.45, 7) is 8.35. The van der Waals surface area contributed by atoms with Gasteiger partial charge in [0.25, 0.3) is 0 Å². The molecule has 5 rings (SSSR count). The minimum Gasteiger partial charge on any atom is -0.374 e. The number of hydrogen-bond acceptors (Lipinski definition) is 1. The highest BCUT2D eigenvalue weighted by Crippen LogP contribution is 2.67. The third kappa shape index (κ3) is 3.42. The van der Waals surface area contributed by atoms with Crippen LogP contribution in [0.25, 0.3) is 0 Å². The summed E-state index contributed by atoms with van der Waals surface area (Å²) in [6, 6.07) is 10.7. The Morgan fingerprint density at radius 1 is 1.00 bits per heavy atom. The van der Waals surface area contributed by atoms with Crippen LogP contribution < -0.4 is 0 Å². The highest BCUT2D eigenvalue weighted by atomic mass is 16.5. The van der Waals surface area contributed by atoms with E-state index in [2.05, 4.69) is 57.2 Å². The summed E-state index contributed by atoms with van der Waals surface area (Å²) < 4.78 is 6.41. The van der Waals surface area contributed by atoms with E-state index in [0.29, 0.717) is 16.9 Å². The van der Waals surface area contributed by atoms with Gasteiger partial charge in [-0.1, -0.05) is 55.8 Å². The topological polar surface area (TPSA) is 9.23 Å². The molecule has 4 fully saturated rings. The molecule has 0 aromatic heterocycles. The molecule has 0 heterocycles. The van der Waals surface area contributed by atoms with Crippen LogP contribution in [0.4, 0.5) is 0 Å². The van der Waals surface area contributed by atoms with E-state index in [1.54, 1.807) is 5.57 Å². The number of benzene rings is 1. The predicted octanol–water partition coefficient (Wildman–Crippen LogP) is 7.56. The molecule has 1 nitrogen and oxygen atoms in total. The van der Waals surface area contributed by atoms with Crippen molar-refractivity contribution < 1.29 is 4.74 Å². The normalized spacial score (nSPS) is 45.5. The molecule has 4 aliphatic carbocycles. The van der Waals surface area contributed by atoms with E-state index in [-0.39, 0.29) is 0 Å². The fourth-order valence-electron chi connectivity index (χ4n) is 8.26. The Hall–Kier alpha value is -1.08. The van der Waals surface area contributed by atoms with Crippen LogP contribution in [0.3, 0.4) is 0 Å². The number of ether oxygens (including phenoxy) is 1. The van der Waals surface area contributed by atoms with E-state index in [1.165, 1.54) is 63.4 Å². The summed E-state index contributed by atoms with van der Waals surface area (Å²) in [5.41, 5.74) is 4.23. The highest BCUT2D eigenvalue weighted by Gasteiger charge is 2.58. The van der Waals surface area contributed by atoms with E-state index in [4.69, 9.17) is 4.74 Å². The zero-order valence-corrected chi connectivity index (χ0v) is 18.8. The minimum atomic E-state index is 0.472. The first kappa shape index (κ1) is 19.9. The molecule has 0 spiro atoms. The predicted molar refractivity (Wildman–Crippen MR) is 121 cm³/mol. The van der Waals surface area contributed by atoms with Crippen LogP contribution in [0.1, 0.15) is 84.1 Å². The molecular formula is C28H40O. The standard InChI is InChI=1S/C28H40O/c1-4-20-16-26-24-11-10-22-17-23(29-19-21-8-6-5-7-9-21)12-15-28(22,3)25(24)13-14-27(26,2)18-20/h4-9,22-26H,10-19H2,1-3H3/t22?,23?,24-,25+,26+,27-,28+/m1/s1. The average molecular weight is 393 g/mol. The van der Waals surface area contributed by atoms with Crippen molar-refractivity contribution in [2.45, 2.75) is 91.3 Å². The molecule has 0 amide bonds. The van der Waals surface area contributed by atoms with Crippen molar-refractivity contribution in [3.8, 4) is 0 Å². The summed E-state index contributed by atoms with van der Waals surface area (Å²) in [5, 5.41) is 0. The van der Waals surface area contributed by atoms with Gasteiger partial charge in [-0.15, -0.1) is 0 Å². The van der Waals surface area contributed by atoms with Gasteiger partial charge in [-0.3, -0.25) is 0 Å². The molecule has 0 aliphatic heterocycles. The fraction of sp³-hybridized carbons (Fsp3) is 0.714. The molecule has 4 saturated carbocycles. The molecule has 158 valence electrons. The maximum atomic E-state index is 6.41. The Labute approximate surface area is 178 Å². The summed E-state index contributed by atoms with van der Waals surface area (Å²) in [7, 11) is 0. The molecule has 1 heteroatoms. The maximum Gasteiger partial charge on any atom is 0.0720 e. The lowest BCUT2D eigenvalue weighted by Crippen LogP contribution is -2.53. The average Bonchev–Trinajstić information content (AvgIpc) is 3.10. The molecular weight excluding hydrogens is 352 g/mol. The molecule has 0 N–H and O–H groups in total. The fourth-order valence-corrected chi connectivity index (χ4v) is 8.26. The van der Waals surface area contributed by atoms with E-state index in [0.717, 1.165) is 30.3 Å². The van der Waals surface area contributed by atoms with Crippen LogP contribution in [0.2, 0.25) is 0 Å². The van der Waals surface area contributed by atoms with Crippen molar-refractivity contribution in [3.05, 3.63) is 47.5 Å². The lowest BCUT2D eigenvalue weighted by molar-refractivity contribution is -0.131. The van der Waals surface area contributed by atoms with Gasteiger partial charge in [0.05, 0.1) is 12.7 Å². The zero-order valence-electron chi connectivity index (χ0n) is 18.8. The van der Waals surface area contributed by atoms with Gasteiger partial charge in [0.2, 0.25) is 0 Å². The van der Waals surface area contributed by atoms with E-state index in [9.17, 15) is 0 Å². The van der Waals surface area contributed by atoms with Gasteiger partial charge >= 0.3 is 0 Å². The van der Waals surface area contributed by atoms with Crippen LogP contribution in [0.15, 0.2) is 42.0 Å². The number of rotatable bonds is 3. The molecule has 7 atom stereocenters. The molecule has 4 aliphatic rings. The molecule has 0 radical (unpaired) electrons. The van der Waals surface area contributed by atoms with Crippen LogP contribution in [0.5, 0.6) is 0 Å². The Kier molecular flexibility index (Phi) is 5.18. The number of hydrogen-bond donors (Lipinski definition) is 0. The molecule has 1 aromatic rings. The van der Waals surface area contributed by atoms with E-state index < -0.39 is 0 Å². The third-order valence-electron chi connectivity index (χ3n) is 9.99. The van der Waals surface area contributed by atoms with Gasteiger partial charge in [-0.05, 0) is 105 Å². The van der Waals surface area contributed by atoms with Gasteiger partial charge < -0.3 is 4.74 Å². The number of allylic oxidation sites excluding steroid dienone is 2. The molecule has 29 heavy (non-hydrogen) atoms. The van der Waals surface area contributed by atoms with Crippen molar-refractivity contribution in [1.29, 1.82) is 0 Å². The van der Waals surface area contributed by atoms with Gasteiger partial charge in [0.1, 0.15) is 0 Å². The Balaban J connectivity index is 1.27. The molecule has 2 unspecified atom stereocenters. The smallest absolute Gasteiger partial charge is 0.0720 e. The van der Waals surface area contributed by atoms with E-state index in [1.807, 2.05) is 0 Å². The van der Waals surface area contributed by atoms with Crippen LogP contribution in [-0.4, -0.2) is 6.10 Å². The summed E-state index contributed by atoms with van der Waals surface area (Å²) >= 11 is 0. The first-order valence-corrected chi connectivity index (χ1v) is 12.3. The highest BCUT2D eigenvalue weighted by molar-refractivity contribution is 5.19. The summed E-state index contributed by atoms with van der Waals surface area (Å²) in [5.74, 6) is 3.78. The first-order valence-electron chi connectivity index (χ1n) is 12.3. The lowest BCUT2D eigenvalue weighted by atomic mass is 9.45. The second kappa shape index (κ2) is 7.56. The summed E-state index contributed by atoms with van der Waals surface area (Å²) in [6.07, 6.45) is 15.5. The quantitative estimate of drug-likeness (QED) is 0.482. The summed E-state index contributed by atoms with van der Waals surface area (Å²) in [4.78, 5) is 0. The largest absolute Gasteiger partial charge is 0.374 e. The van der Waals surface area contributed by atoms with Crippen molar-refractivity contribution in [3.63, 3.8) is 0 Å². The maximum absolute atomic E-state index is 6.41. The second-order valence-electron chi connectivity index (χ2n) is 11.4. The van der Waals surface area contributed by atoms with Gasteiger partial charge in [-0.2, -0.15) is 0 Å². The minimum absolute atomic E-state index is 0.472. The van der Waals surface area contributed by atoms with Crippen molar-refractivity contribution >= 4 is 0 Å². The van der Waals surface area contributed by atoms with Crippen LogP contribution in [-0.2, 0) is 11.3 Å². The Bertz CT molecular complexity index is 751. The lowest BCUT2D eigenvalue weighted by Gasteiger charge is -2.60. The monoisotopic (exact) mass is 392 g/mol.